The Bertz CT molecular complexity index is 628. The number of hydrogen-bond donors (Lipinski definition) is 1. The fourth-order valence-corrected chi connectivity index (χ4v) is 2.16. The van der Waals surface area contributed by atoms with E-state index in [1.807, 2.05) is 6.07 Å². The SMILES string of the molecule is Cn1cc(C(=O)NCCOCc2ccc(Cl)cc2Cl)cn1. The van der Waals surface area contributed by atoms with Gasteiger partial charge in [-0.25, -0.2) is 0 Å². The molecule has 0 aliphatic rings. The smallest absolute Gasteiger partial charge is 0.254 e. The molecule has 0 unspecified atom stereocenters. The fourth-order valence-electron chi connectivity index (χ4n) is 1.70. The Labute approximate surface area is 132 Å². The van der Waals surface area contributed by atoms with Gasteiger partial charge in [0.2, 0.25) is 0 Å². The summed E-state index contributed by atoms with van der Waals surface area (Å²) < 4.78 is 7.05. The van der Waals surface area contributed by atoms with Crippen molar-refractivity contribution in [3.63, 3.8) is 0 Å². The van der Waals surface area contributed by atoms with E-state index < -0.39 is 0 Å². The summed E-state index contributed by atoms with van der Waals surface area (Å²) in [5, 5.41) is 7.85. The molecule has 0 fully saturated rings. The van der Waals surface area contributed by atoms with Crippen molar-refractivity contribution in [1.29, 1.82) is 0 Å². The molecule has 0 bridgehead atoms. The first-order chi connectivity index (χ1) is 10.1. The number of nitrogens with one attached hydrogen (secondary N) is 1. The lowest BCUT2D eigenvalue weighted by Gasteiger charge is -2.07. The van der Waals surface area contributed by atoms with Gasteiger partial charge in [0.1, 0.15) is 0 Å². The number of nitrogens with zero attached hydrogens (tertiary/aromatic N) is 2. The molecule has 7 heteroatoms. The van der Waals surface area contributed by atoms with Crippen LogP contribution in [0.1, 0.15) is 15.9 Å². The zero-order chi connectivity index (χ0) is 15.2. The molecule has 1 heterocycles. The van der Waals surface area contributed by atoms with Crippen LogP contribution in [0.5, 0.6) is 0 Å². The van der Waals surface area contributed by atoms with Gasteiger partial charge in [0.25, 0.3) is 5.91 Å². The summed E-state index contributed by atoms with van der Waals surface area (Å²) >= 11 is 11.8. The summed E-state index contributed by atoms with van der Waals surface area (Å²) in [5.41, 5.74) is 1.39. The summed E-state index contributed by atoms with van der Waals surface area (Å²) in [7, 11) is 1.76. The molecule has 0 radical (unpaired) electrons. The molecule has 1 aromatic heterocycles. The molecule has 0 saturated carbocycles. The molecule has 0 aliphatic heterocycles. The van der Waals surface area contributed by atoms with Crippen LogP contribution in [-0.2, 0) is 18.4 Å². The molecule has 112 valence electrons. The van der Waals surface area contributed by atoms with Gasteiger partial charge in [0, 0.05) is 29.8 Å². The Kier molecular flexibility index (Phi) is 5.61. The van der Waals surface area contributed by atoms with Gasteiger partial charge in [-0.1, -0.05) is 29.3 Å². The standard InChI is InChI=1S/C14H15Cl2N3O2/c1-19-8-11(7-18-19)14(20)17-4-5-21-9-10-2-3-12(15)6-13(10)16/h2-3,6-8H,4-5,9H2,1H3,(H,17,20). The Balaban J connectivity index is 1.69. The van der Waals surface area contributed by atoms with Gasteiger partial charge in [-0.15, -0.1) is 0 Å². The van der Waals surface area contributed by atoms with Crippen LogP contribution in [0, 0.1) is 0 Å². The van der Waals surface area contributed by atoms with Crippen molar-refractivity contribution in [2.75, 3.05) is 13.2 Å². The monoisotopic (exact) mass is 327 g/mol. The minimum atomic E-state index is -0.170. The van der Waals surface area contributed by atoms with Gasteiger partial charge in [0.15, 0.2) is 0 Å². The zero-order valence-electron chi connectivity index (χ0n) is 11.5. The highest BCUT2D eigenvalue weighted by molar-refractivity contribution is 6.35. The molecule has 2 rings (SSSR count). The van der Waals surface area contributed by atoms with Crippen molar-refractivity contribution >= 4 is 29.1 Å². The Morgan fingerprint density at radius 1 is 1.43 bits per heavy atom. The normalized spacial score (nSPS) is 10.6. The van der Waals surface area contributed by atoms with E-state index in [0.29, 0.717) is 35.4 Å². The first-order valence-electron chi connectivity index (χ1n) is 6.35. The minimum Gasteiger partial charge on any atom is -0.375 e. The number of rotatable bonds is 6. The Hall–Kier alpha value is -1.56. The van der Waals surface area contributed by atoms with Crippen molar-refractivity contribution in [3.8, 4) is 0 Å². The van der Waals surface area contributed by atoms with Crippen LogP contribution in [0.15, 0.2) is 30.6 Å². The van der Waals surface area contributed by atoms with Crippen LogP contribution >= 0.6 is 23.2 Å². The second-order valence-corrected chi connectivity index (χ2v) is 5.29. The molecule has 0 spiro atoms. The second kappa shape index (κ2) is 7.45. The van der Waals surface area contributed by atoms with E-state index >= 15 is 0 Å². The number of halogens is 2. The molecule has 1 amide bonds. The number of benzene rings is 1. The molecule has 0 atom stereocenters. The van der Waals surface area contributed by atoms with E-state index in [9.17, 15) is 4.79 Å². The van der Waals surface area contributed by atoms with E-state index in [0.717, 1.165) is 5.56 Å². The molecule has 5 nitrogen and oxygen atoms in total. The van der Waals surface area contributed by atoms with Crippen molar-refractivity contribution in [2.24, 2.45) is 7.05 Å². The lowest BCUT2D eigenvalue weighted by atomic mass is 10.2. The zero-order valence-corrected chi connectivity index (χ0v) is 13.0. The molecule has 21 heavy (non-hydrogen) atoms. The van der Waals surface area contributed by atoms with Crippen LogP contribution in [0.2, 0.25) is 10.0 Å². The van der Waals surface area contributed by atoms with Crippen molar-refractivity contribution in [2.45, 2.75) is 6.61 Å². The predicted octanol–water partition coefficient (Wildman–Crippen LogP) is 2.67. The fraction of sp³-hybridized carbons (Fsp3) is 0.286. The third-order valence-electron chi connectivity index (χ3n) is 2.77. The van der Waals surface area contributed by atoms with Gasteiger partial charge in [0.05, 0.1) is 25.0 Å². The summed E-state index contributed by atoms with van der Waals surface area (Å²) in [6.07, 6.45) is 3.17. The van der Waals surface area contributed by atoms with Gasteiger partial charge >= 0.3 is 0 Å². The summed E-state index contributed by atoms with van der Waals surface area (Å²) in [5.74, 6) is -0.170. The van der Waals surface area contributed by atoms with Crippen molar-refractivity contribution in [1.82, 2.24) is 15.1 Å². The van der Waals surface area contributed by atoms with Crippen LogP contribution < -0.4 is 5.32 Å². The van der Waals surface area contributed by atoms with Crippen LogP contribution in [-0.4, -0.2) is 28.8 Å². The maximum absolute atomic E-state index is 11.7. The predicted molar refractivity (Wildman–Crippen MR) is 81.7 cm³/mol. The third-order valence-corrected chi connectivity index (χ3v) is 3.36. The summed E-state index contributed by atoms with van der Waals surface area (Å²) in [6.45, 7) is 1.18. The number of amides is 1. The number of carbonyl (C=O) groups is 1. The highest BCUT2D eigenvalue weighted by atomic mass is 35.5. The number of hydrogen-bond acceptors (Lipinski definition) is 3. The lowest BCUT2D eigenvalue weighted by Crippen LogP contribution is -2.26. The molecule has 2 aromatic rings. The number of ether oxygens (including phenoxy) is 1. The largest absolute Gasteiger partial charge is 0.375 e. The van der Waals surface area contributed by atoms with E-state index in [-0.39, 0.29) is 5.91 Å². The first kappa shape index (κ1) is 15.8. The molecular weight excluding hydrogens is 313 g/mol. The Morgan fingerprint density at radius 3 is 2.90 bits per heavy atom. The third kappa shape index (κ3) is 4.74. The van der Waals surface area contributed by atoms with Crippen molar-refractivity contribution < 1.29 is 9.53 Å². The van der Waals surface area contributed by atoms with Gasteiger partial charge in [-0.2, -0.15) is 5.10 Å². The van der Waals surface area contributed by atoms with Gasteiger partial charge < -0.3 is 10.1 Å². The number of aryl methyl sites for hydroxylation is 1. The van der Waals surface area contributed by atoms with E-state index in [1.54, 1.807) is 30.1 Å². The van der Waals surface area contributed by atoms with Gasteiger partial charge in [-0.05, 0) is 17.7 Å². The molecule has 0 aliphatic carbocycles. The minimum absolute atomic E-state index is 0.170. The quantitative estimate of drug-likeness (QED) is 0.830. The topological polar surface area (TPSA) is 56.2 Å². The summed E-state index contributed by atoms with van der Waals surface area (Å²) in [4.78, 5) is 11.7. The highest BCUT2D eigenvalue weighted by Crippen LogP contribution is 2.21. The lowest BCUT2D eigenvalue weighted by molar-refractivity contribution is 0.0901. The van der Waals surface area contributed by atoms with Crippen LogP contribution in [0.3, 0.4) is 0 Å². The average Bonchev–Trinajstić information content (AvgIpc) is 2.87. The Morgan fingerprint density at radius 2 is 2.24 bits per heavy atom. The van der Waals surface area contributed by atoms with E-state index in [4.69, 9.17) is 27.9 Å². The van der Waals surface area contributed by atoms with Crippen molar-refractivity contribution in [3.05, 3.63) is 51.8 Å². The summed E-state index contributed by atoms with van der Waals surface area (Å²) in [6, 6.07) is 5.25. The van der Waals surface area contributed by atoms with E-state index in [2.05, 4.69) is 10.4 Å². The molecular formula is C14H15Cl2N3O2. The maximum Gasteiger partial charge on any atom is 0.254 e. The number of aromatic nitrogens is 2. The molecule has 1 N–H and O–H groups in total. The first-order valence-corrected chi connectivity index (χ1v) is 7.10. The van der Waals surface area contributed by atoms with Crippen LogP contribution in [0.4, 0.5) is 0 Å². The van der Waals surface area contributed by atoms with E-state index in [1.165, 1.54) is 6.20 Å². The number of carbonyl (C=O) groups excluding carboxylic acids is 1. The maximum atomic E-state index is 11.7. The average molecular weight is 328 g/mol. The second-order valence-electron chi connectivity index (χ2n) is 4.45. The van der Waals surface area contributed by atoms with Crippen LogP contribution in [0.25, 0.3) is 0 Å². The molecule has 0 saturated heterocycles. The van der Waals surface area contributed by atoms with Gasteiger partial charge in [-0.3, -0.25) is 9.48 Å². The highest BCUT2D eigenvalue weighted by Gasteiger charge is 2.06. The molecule has 1 aromatic carbocycles.